The monoisotopic (exact) mass is 365 g/mol. The predicted molar refractivity (Wildman–Crippen MR) is 103 cm³/mol. The molecule has 1 amide bonds. The highest BCUT2D eigenvalue weighted by Gasteiger charge is 2.56. The second-order valence-corrected chi connectivity index (χ2v) is 7.70. The first-order valence-corrected chi connectivity index (χ1v) is 9.21. The summed E-state index contributed by atoms with van der Waals surface area (Å²) in [7, 11) is 0. The van der Waals surface area contributed by atoms with Gasteiger partial charge in [-0.3, -0.25) is 4.79 Å². The van der Waals surface area contributed by atoms with Crippen LogP contribution in [-0.4, -0.2) is 23.6 Å². The molecule has 1 spiro atoms. The molecule has 140 valence electrons. The molecule has 1 aliphatic heterocycles. The lowest BCUT2D eigenvalue weighted by atomic mass is 9.90. The molecule has 1 fully saturated rings. The summed E-state index contributed by atoms with van der Waals surface area (Å²) >= 11 is 0. The van der Waals surface area contributed by atoms with Crippen LogP contribution < -0.4 is 10.1 Å². The van der Waals surface area contributed by atoms with E-state index in [4.69, 9.17) is 9.84 Å². The molecule has 0 radical (unpaired) electrons. The van der Waals surface area contributed by atoms with E-state index in [2.05, 4.69) is 17.4 Å². The number of nitrogens with one attached hydrogen (secondary N) is 1. The highest BCUT2D eigenvalue weighted by Crippen LogP contribution is 2.55. The molecule has 1 heterocycles. The van der Waals surface area contributed by atoms with Crippen molar-refractivity contribution in [3.63, 3.8) is 0 Å². The van der Waals surface area contributed by atoms with Crippen molar-refractivity contribution in [3.05, 3.63) is 57.6 Å². The van der Waals surface area contributed by atoms with E-state index in [1.165, 1.54) is 11.1 Å². The van der Waals surface area contributed by atoms with Crippen LogP contribution in [0.5, 0.6) is 5.75 Å². The van der Waals surface area contributed by atoms with Crippen LogP contribution in [0.15, 0.2) is 24.3 Å². The molecular formula is C22H23NO4. The van der Waals surface area contributed by atoms with Crippen LogP contribution in [-0.2, 0) is 21.4 Å². The quantitative estimate of drug-likeness (QED) is 0.848. The van der Waals surface area contributed by atoms with Crippen molar-refractivity contribution < 1.29 is 19.4 Å². The third-order valence-electron chi connectivity index (χ3n) is 5.97. The van der Waals surface area contributed by atoms with Crippen LogP contribution in [0.2, 0.25) is 0 Å². The van der Waals surface area contributed by atoms with Gasteiger partial charge in [-0.25, -0.2) is 4.79 Å². The van der Waals surface area contributed by atoms with Gasteiger partial charge >= 0.3 is 5.97 Å². The largest absolute Gasteiger partial charge is 0.482 e. The molecule has 5 heteroatoms. The van der Waals surface area contributed by atoms with Crippen molar-refractivity contribution in [2.75, 3.05) is 11.9 Å². The fourth-order valence-electron chi connectivity index (χ4n) is 4.06. The molecule has 0 aromatic heterocycles. The maximum Gasteiger partial charge on any atom is 0.341 e. The number of rotatable bonds is 5. The van der Waals surface area contributed by atoms with Crippen molar-refractivity contribution in [1.82, 2.24) is 0 Å². The third-order valence-corrected chi connectivity index (χ3v) is 5.97. The SMILES string of the molecule is Cc1cc(OCC(=O)O)c(C)c(C)c1Cc1ccc2c(c1)C1(CC1)C(=O)N2. The summed E-state index contributed by atoms with van der Waals surface area (Å²) in [6, 6.07) is 8.17. The Morgan fingerprint density at radius 2 is 1.93 bits per heavy atom. The van der Waals surface area contributed by atoms with Crippen molar-refractivity contribution in [2.45, 2.75) is 45.4 Å². The molecule has 0 saturated heterocycles. The standard InChI is InChI=1S/C22H23NO4/c1-12-8-19(27-11-20(24)25)14(3)13(2)16(12)9-15-4-5-18-17(10-15)22(6-7-22)21(26)23-18/h4-5,8,10H,6-7,9,11H2,1-3H3,(H,23,26)(H,24,25). The van der Waals surface area contributed by atoms with E-state index in [0.29, 0.717) is 5.75 Å². The summed E-state index contributed by atoms with van der Waals surface area (Å²) in [6.07, 6.45) is 2.64. The molecule has 5 nitrogen and oxygen atoms in total. The van der Waals surface area contributed by atoms with Gasteiger partial charge in [0.05, 0.1) is 5.41 Å². The fourth-order valence-corrected chi connectivity index (χ4v) is 4.06. The van der Waals surface area contributed by atoms with E-state index >= 15 is 0 Å². The molecule has 0 unspecified atom stereocenters. The second kappa shape index (κ2) is 6.12. The van der Waals surface area contributed by atoms with Gasteiger partial charge in [0, 0.05) is 5.69 Å². The molecule has 2 aromatic carbocycles. The average Bonchev–Trinajstić information content (AvgIpc) is 3.38. The Morgan fingerprint density at radius 3 is 2.59 bits per heavy atom. The minimum absolute atomic E-state index is 0.137. The van der Waals surface area contributed by atoms with Gasteiger partial charge in [-0.2, -0.15) is 0 Å². The van der Waals surface area contributed by atoms with Crippen molar-refractivity contribution in [2.24, 2.45) is 0 Å². The van der Waals surface area contributed by atoms with E-state index in [0.717, 1.165) is 47.2 Å². The van der Waals surface area contributed by atoms with Crippen LogP contribution >= 0.6 is 0 Å². The van der Waals surface area contributed by atoms with E-state index in [1.54, 1.807) is 0 Å². The summed E-state index contributed by atoms with van der Waals surface area (Å²) in [5.41, 5.74) is 7.37. The molecule has 1 aliphatic carbocycles. The maximum atomic E-state index is 12.2. The zero-order valence-electron chi connectivity index (χ0n) is 15.8. The van der Waals surface area contributed by atoms with Gasteiger partial charge in [0.15, 0.2) is 6.61 Å². The number of anilines is 1. The minimum atomic E-state index is -0.982. The Balaban J connectivity index is 1.64. The fraction of sp³-hybridized carbons (Fsp3) is 0.364. The number of aliphatic carboxylic acids is 1. The molecule has 0 atom stereocenters. The van der Waals surface area contributed by atoms with Crippen LogP contribution in [0.1, 0.15) is 46.2 Å². The van der Waals surface area contributed by atoms with E-state index in [1.807, 2.05) is 32.9 Å². The number of amides is 1. The Morgan fingerprint density at radius 1 is 1.19 bits per heavy atom. The first-order valence-electron chi connectivity index (χ1n) is 9.21. The van der Waals surface area contributed by atoms with Gasteiger partial charge in [-0.1, -0.05) is 12.1 Å². The molecule has 4 rings (SSSR count). The molecule has 0 bridgehead atoms. The van der Waals surface area contributed by atoms with Gasteiger partial charge in [0.25, 0.3) is 0 Å². The molecule has 1 saturated carbocycles. The first kappa shape index (κ1) is 17.6. The lowest BCUT2D eigenvalue weighted by Crippen LogP contribution is -2.18. The van der Waals surface area contributed by atoms with Gasteiger partial charge in [0.1, 0.15) is 5.75 Å². The van der Waals surface area contributed by atoms with E-state index < -0.39 is 5.97 Å². The van der Waals surface area contributed by atoms with Gasteiger partial charge in [0.2, 0.25) is 5.91 Å². The lowest BCUT2D eigenvalue weighted by molar-refractivity contribution is -0.139. The van der Waals surface area contributed by atoms with Gasteiger partial charge in [-0.05, 0) is 85.5 Å². The number of ether oxygens (including phenoxy) is 1. The highest BCUT2D eigenvalue weighted by atomic mass is 16.5. The maximum absolute atomic E-state index is 12.2. The summed E-state index contributed by atoms with van der Waals surface area (Å²) < 4.78 is 5.43. The zero-order valence-corrected chi connectivity index (χ0v) is 15.8. The summed E-state index contributed by atoms with van der Waals surface area (Å²) in [5.74, 6) is -0.223. The summed E-state index contributed by atoms with van der Waals surface area (Å²) in [4.78, 5) is 23.0. The highest BCUT2D eigenvalue weighted by molar-refractivity contribution is 6.08. The topological polar surface area (TPSA) is 75.6 Å². The Labute approximate surface area is 158 Å². The van der Waals surface area contributed by atoms with Crippen LogP contribution in [0.4, 0.5) is 5.69 Å². The van der Waals surface area contributed by atoms with Crippen LogP contribution in [0.25, 0.3) is 0 Å². The van der Waals surface area contributed by atoms with Crippen molar-refractivity contribution >= 4 is 17.6 Å². The smallest absolute Gasteiger partial charge is 0.341 e. The number of fused-ring (bicyclic) bond motifs is 2. The second-order valence-electron chi connectivity index (χ2n) is 7.70. The summed E-state index contributed by atoms with van der Waals surface area (Å²) in [5, 5.41) is 11.8. The zero-order chi connectivity index (χ0) is 19.3. The van der Waals surface area contributed by atoms with E-state index in [9.17, 15) is 9.59 Å². The Bertz CT molecular complexity index is 973. The minimum Gasteiger partial charge on any atom is -0.482 e. The number of carbonyl (C=O) groups excluding carboxylic acids is 1. The Kier molecular flexibility index (Phi) is 3.98. The van der Waals surface area contributed by atoms with Crippen LogP contribution in [0, 0.1) is 20.8 Å². The number of carbonyl (C=O) groups is 2. The summed E-state index contributed by atoms with van der Waals surface area (Å²) in [6.45, 7) is 5.69. The molecule has 2 aliphatic rings. The first-order chi connectivity index (χ1) is 12.8. The molecule has 2 N–H and O–H groups in total. The molecule has 2 aromatic rings. The van der Waals surface area contributed by atoms with Crippen molar-refractivity contribution in [3.8, 4) is 5.75 Å². The molecule has 27 heavy (non-hydrogen) atoms. The number of benzene rings is 2. The van der Waals surface area contributed by atoms with Gasteiger partial charge < -0.3 is 15.2 Å². The number of aryl methyl sites for hydroxylation is 1. The third kappa shape index (κ3) is 2.87. The normalized spacial score (nSPS) is 16.2. The van der Waals surface area contributed by atoms with Crippen LogP contribution in [0.3, 0.4) is 0 Å². The molecular weight excluding hydrogens is 342 g/mol. The number of carboxylic acid groups (broad SMARTS) is 1. The van der Waals surface area contributed by atoms with Gasteiger partial charge in [-0.15, -0.1) is 0 Å². The number of hydrogen-bond acceptors (Lipinski definition) is 3. The number of hydrogen-bond donors (Lipinski definition) is 2. The van der Waals surface area contributed by atoms with Crippen molar-refractivity contribution in [1.29, 1.82) is 0 Å². The van der Waals surface area contributed by atoms with E-state index in [-0.39, 0.29) is 17.9 Å². The number of carboxylic acids is 1. The predicted octanol–water partition coefficient (Wildman–Crippen LogP) is 3.65. The lowest BCUT2D eigenvalue weighted by Gasteiger charge is -2.17. The Hall–Kier alpha value is -2.82. The average molecular weight is 365 g/mol.